The SMILES string of the molecule is CN(C)CC(C(=O)O)N(C)c1ccccc1. The van der Waals surface area contributed by atoms with Crippen molar-refractivity contribution in [3.8, 4) is 0 Å². The van der Waals surface area contributed by atoms with Crippen LogP contribution < -0.4 is 4.90 Å². The van der Waals surface area contributed by atoms with Gasteiger partial charge in [-0.25, -0.2) is 4.79 Å². The van der Waals surface area contributed by atoms with Gasteiger partial charge in [-0.1, -0.05) is 18.2 Å². The zero-order chi connectivity index (χ0) is 12.1. The number of carbonyl (C=O) groups is 1. The molecule has 88 valence electrons. The van der Waals surface area contributed by atoms with Gasteiger partial charge in [-0.3, -0.25) is 0 Å². The van der Waals surface area contributed by atoms with E-state index in [2.05, 4.69) is 0 Å². The van der Waals surface area contributed by atoms with Crippen LogP contribution in [0.5, 0.6) is 0 Å². The molecule has 0 spiro atoms. The van der Waals surface area contributed by atoms with Crippen LogP contribution in [-0.2, 0) is 4.79 Å². The molecule has 1 unspecified atom stereocenters. The van der Waals surface area contributed by atoms with Crippen LogP contribution in [0.2, 0.25) is 0 Å². The maximum absolute atomic E-state index is 11.2. The average Bonchev–Trinajstić information content (AvgIpc) is 2.25. The van der Waals surface area contributed by atoms with Crippen molar-refractivity contribution in [1.82, 2.24) is 4.90 Å². The Morgan fingerprint density at radius 1 is 1.25 bits per heavy atom. The zero-order valence-corrected chi connectivity index (χ0v) is 9.92. The maximum Gasteiger partial charge on any atom is 0.327 e. The minimum atomic E-state index is -0.806. The lowest BCUT2D eigenvalue weighted by molar-refractivity contribution is -0.138. The molecule has 1 aromatic rings. The third-order valence-electron chi connectivity index (χ3n) is 2.45. The van der Waals surface area contributed by atoms with E-state index in [9.17, 15) is 9.90 Å². The van der Waals surface area contributed by atoms with Crippen molar-refractivity contribution >= 4 is 11.7 Å². The van der Waals surface area contributed by atoms with Crippen LogP contribution in [0, 0.1) is 0 Å². The van der Waals surface area contributed by atoms with Gasteiger partial charge in [-0.2, -0.15) is 0 Å². The van der Waals surface area contributed by atoms with Crippen molar-refractivity contribution in [1.29, 1.82) is 0 Å². The van der Waals surface area contributed by atoms with Crippen LogP contribution >= 0.6 is 0 Å². The van der Waals surface area contributed by atoms with Gasteiger partial charge < -0.3 is 14.9 Å². The molecule has 16 heavy (non-hydrogen) atoms. The summed E-state index contributed by atoms with van der Waals surface area (Å²) >= 11 is 0. The minimum absolute atomic E-state index is 0.487. The van der Waals surface area contributed by atoms with Crippen molar-refractivity contribution in [2.45, 2.75) is 6.04 Å². The number of carboxylic acids is 1. The number of benzene rings is 1. The fraction of sp³-hybridized carbons (Fsp3) is 0.417. The van der Waals surface area contributed by atoms with E-state index in [0.717, 1.165) is 5.69 Å². The van der Waals surface area contributed by atoms with Crippen molar-refractivity contribution < 1.29 is 9.90 Å². The van der Waals surface area contributed by atoms with E-state index in [4.69, 9.17) is 0 Å². The minimum Gasteiger partial charge on any atom is -0.480 e. The van der Waals surface area contributed by atoms with E-state index >= 15 is 0 Å². The molecule has 1 aromatic carbocycles. The smallest absolute Gasteiger partial charge is 0.327 e. The van der Waals surface area contributed by atoms with E-state index in [1.54, 1.807) is 11.9 Å². The van der Waals surface area contributed by atoms with Crippen LogP contribution in [0.15, 0.2) is 30.3 Å². The second kappa shape index (κ2) is 5.51. The van der Waals surface area contributed by atoms with Gasteiger partial charge in [0.1, 0.15) is 6.04 Å². The third-order valence-corrected chi connectivity index (χ3v) is 2.45. The van der Waals surface area contributed by atoms with Crippen molar-refractivity contribution in [3.63, 3.8) is 0 Å². The molecule has 4 heteroatoms. The summed E-state index contributed by atoms with van der Waals surface area (Å²) < 4.78 is 0. The molecule has 0 saturated carbocycles. The lowest BCUT2D eigenvalue weighted by atomic mass is 10.2. The van der Waals surface area contributed by atoms with Gasteiger partial charge in [-0.05, 0) is 26.2 Å². The molecular formula is C12H18N2O2. The first-order valence-corrected chi connectivity index (χ1v) is 5.18. The molecule has 1 rings (SSSR count). The highest BCUT2D eigenvalue weighted by atomic mass is 16.4. The van der Waals surface area contributed by atoms with Crippen LogP contribution in [0.3, 0.4) is 0 Å². The Morgan fingerprint density at radius 2 is 1.81 bits per heavy atom. The van der Waals surface area contributed by atoms with E-state index in [0.29, 0.717) is 6.54 Å². The Balaban J connectivity index is 2.83. The summed E-state index contributed by atoms with van der Waals surface area (Å²) in [5.74, 6) is -0.806. The normalized spacial score (nSPS) is 12.5. The summed E-state index contributed by atoms with van der Waals surface area (Å²) in [6.07, 6.45) is 0. The molecule has 0 radical (unpaired) electrons. The standard InChI is InChI=1S/C12H18N2O2/c1-13(2)9-11(12(15)16)14(3)10-7-5-4-6-8-10/h4-8,11H,9H2,1-3H3,(H,15,16). The highest BCUT2D eigenvalue weighted by Gasteiger charge is 2.23. The molecule has 1 N–H and O–H groups in total. The Kier molecular flexibility index (Phi) is 4.31. The molecule has 0 aromatic heterocycles. The number of hydrogen-bond acceptors (Lipinski definition) is 3. The Labute approximate surface area is 96.1 Å². The van der Waals surface area contributed by atoms with E-state index in [1.165, 1.54) is 0 Å². The molecule has 0 saturated heterocycles. The predicted octanol–water partition coefficient (Wildman–Crippen LogP) is 1.14. The number of rotatable bonds is 5. The van der Waals surface area contributed by atoms with Gasteiger partial charge in [0.15, 0.2) is 0 Å². The second-order valence-electron chi connectivity index (χ2n) is 4.06. The van der Waals surface area contributed by atoms with Crippen LogP contribution in [-0.4, -0.2) is 49.7 Å². The van der Waals surface area contributed by atoms with Crippen molar-refractivity contribution in [2.24, 2.45) is 0 Å². The summed E-state index contributed by atoms with van der Waals surface area (Å²) in [6, 6.07) is 9.01. The molecule has 1 atom stereocenters. The summed E-state index contributed by atoms with van der Waals surface area (Å²) in [5, 5.41) is 9.19. The highest BCUT2D eigenvalue weighted by Crippen LogP contribution is 2.14. The maximum atomic E-state index is 11.2. The fourth-order valence-electron chi connectivity index (χ4n) is 1.56. The number of likely N-dealkylation sites (N-methyl/N-ethyl adjacent to an activating group) is 2. The molecule has 0 aliphatic carbocycles. The number of hydrogen-bond donors (Lipinski definition) is 1. The Hall–Kier alpha value is -1.55. The molecule has 0 bridgehead atoms. The zero-order valence-electron chi connectivity index (χ0n) is 9.92. The molecule has 0 amide bonds. The molecule has 4 nitrogen and oxygen atoms in total. The number of carboxylic acid groups (broad SMARTS) is 1. The molecular weight excluding hydrogens is 204 g/mol. The molecule has 0 aliphatic rings. The summed E-state index contributed by atoms with van der Waals surface area (Å²) in [7, 11) is 5.54. The van der Waals surface area contributed by atoms with Crippen molar-refractivity contribution in [2.75, 3.05) is 32.6 Å². The number of anilines is 1. The molecule has 0 heterocycles. The van der Waals surface area contributed by atoms with Gasteiger partial charge >= 0.3 is 5.97 Å². The Morgan fingerprint density at radius 3 is 2.25 bits per heavy atom. The van der Waals surface area contributed by atoms with E-state index < -0.39 is 12.0 Å². The van der Waals surface area contributed by atoms with E-state index in [-0.39, 0.29) is 0 Å². The van der Waals surface area contributed by atoms with Gasteiger partial charge in [0.2, 0.25) is 0 Å². The Bertz CT molecular complexity index is 338. The largest absolute Gasteiger partial charge is 0.480 e. The lowest BCUT2D eigenvalue weighted by Gasteiger charge is -2.28. The first-order chi connectivity index (χ1) is 7.52. The second-order valence-corrected chi connectivity index (χ2v) is 4.06. The fourth-order valence-corrected chi connectivity index (χ4v) is 1.56. The average molecular weight is 222 g/mol. The highest BCUT2D eigenvalue weighted by molar-refractivity contribution is 5.78. The van der Waals surface area contributed by atoms with Crippen LogP contribution in [0.1, 0.15) is 0 Å². The lowest BCUT2D eigenvalue weighted by Crippen LogP contribution is -2.45. The van der Waals surface area contributed by atoms with Crippen LogP contribution in [0.25, 0.3) is 0 Å². The van der Waals surface area contributed by atoms with Crippen LogP contribution in [0.4, 0.5) is 5.69 Å². The quantitative estimate of drug-likeness (QED) is 0.811. The molecule has 0 aliphatic heterocycles. The van der Waals surface area contributed by atoms with Gasteiger partial charge in [0.25, 0.3) is 0 Å². The number of aliphatic carboxylic acids is 1. The monoisotopic (exact) mass is 222 g/mol. The predicted molar refractivity (Wildman–Crippen MR) is 64.8 cm³/mol. The summed E-state index contributed by atoms with van der Waals surface area (Å²) in [4.78, 5) is 14.8. The first-order valence-electron chi connectivity index (χ1n) is 5.18. The van der Waals surface area contributed by atoms with Gasteiger partial charge in [0, 0.05) is 19.3 Å². The number of nitrogens with zero attached hydrogens (tertiary/aromatic N) is 2. The van der Waals surface area contributed by atoms with Gasteiger partial charge in [0.05, 0.1) is 0 Å². The third kappa shape index (κ3) is 3.24. The summed E-state index contributed by atoms with van der Waals surface area (Å²) in [5.41, 5.74) is 0.914. The topological polar surface area (TPSA) is 43.8 Å². The van der Waals surface area contributed by atoms with Gasteiger partial charge in [-0.15, -0.1) is 0 Å². The first kappa shape index (κ1) is 12.5. The summed E-state index contributed by atoms with van der Waals surface area (Å²) in [6.45, 7) is 0.487. The number of para-hydroxylation sites is 1. The molecule has 0 fully saturated rings. The van der Waals surface area contributed by atoms with Crippen molar-refractivity contribution in [3.05, 3.63) is 30.3 Å². The van der Waals surface area contributed by atoms with E-state index in [1.807, 2.05) is 49.3 Å².